The molecule has 0 fully saturated rings. The maximum absolute atomic E-state index is 10.0. The molecule has 0 atom stereocenters. The Labute approximate surface area is 98.8 Å². The third kappa shape index (κ3) is 37.6. The molecule has 0 rings (SSSR count). The van der Waals surface area contributed by atoms with Gasteiger partial charge in [0.25, 0.3) is 0 Å². The molecule has 5 nitrogen and oxygen atoms in total. The van der Waals surface area contributed by atoms with E-state index < -0.39 is 0 Å². The van der Waals surface area contributed by atoms with Gasteiger partial charge in [-0.05, 0) is 13.8 Å². The number of carbonyl (C=O) groups is 1. The monoisotopic (exact) mass is 294 g/mol. The van der Waals surface area contributed by atoms with Gasteiger partial charge in [0.2, 0.25) is 0 Å². The number of carbonyl (C=O) groups excluding carboxylic acids is 1. The van der Waals surface area contributed by atoms with Gasteiger partial charge in [-0.15, -0.1) is 0 Å². The number of allylic oxidation sites excluding steroid dienone is 2. The van der Waals surface area contributed by atoms with Gasteiger partial charge in [0.15, 0.2) is 5.78 Å². The van der Waals surface area contributed by atoms with Crippen LogP contribution in [0.4, 0.5) is 0 Å². The molecule has 0 saturated heterocycles. The van der Waals surface area contributed by atoms with E-state index in [9.17, 15) is 4.79 Å². The minimum Gasteiger partial charge on any atom is -0.512 e. The second kappa shape index (κ2) is 16.8. The summed E-state index contributed by atoms with van der Waals surface area (Å²) in [5, 5.41) is 8.36. The number of aliphatic hydroxyl groups is 1. The first-order valence-electron chi connectivity index (χ1n) is 2.01. The average Bonchev–Trinajstić information content (AvgIpc) is 1.27. The first-order chi connectivity index (χ1) is 3.13. The summed E-state index contributed by atoms with van der Waals surface area (Å²) in [4.78, 5) is 10.0. The Kier molecular flexibility index (Phi) is 45.9. The zero-order valence-electron chi connectivity index (χ0n) is 6.43. The van der Waals surface area contributed by atoms with Crippen molar-refractivity contribution in [2.24, 2.45) is 0 Å². The summed E-state index contributed by atoms with van der Waals surface area (Å²) in [7, 11) is 0. The van der Waals surface area contributed by atoms with E-state index >= 15 is 0 Å². The summed E-state index contributed by atoms with van der Waals surface area (Å²) in [6.07, 6.45) is 1.17. The first kappa shape index (κ1) is 30.0. The minimum absolute atomic E-state index is 0. The van der Waals surface area contributed by atoms with Crippen molar-refractivity contribution in [2.45, 2.75) is 13.8 Å². The van der Waals surface area contributed by atoms with E-state index in [0.717, 1.165) is 0 Å². The van der Waals surface area contributed by atoms with Gasteiger partial charge in [-0.25, -0.2) is 0 Å². The molecule has 0 aromatic carbocycles. The van der Waals surface area contributed by atoms with E-state index in [1.807, 2.05) is 0 Å². The summed E-state index contributed by atoms with van der Waals surface area (Å²) in [5.74, 6) is -0.0625. The van der Waals surface area contributed by atoms with Crippen LogP contribution in [-0.4, -0.2) is 27.3 Å². The van der Waals surface area contributed by atoms with Crippen molar-refractivity contribution in [1.82, 2.24) is 0 Å². The summed E-state index contributed by atoms with van der Waals surface area (Å²) in [6.45, 7) is 2.85. The summed E-state index contributed by atoms with van der Waals surface area (Å²) in [5.41, 5.74) is 0. The van der Waals surface area contributed by atoms with Gasteiger partial charge in [-0.1, -0.05) is 0 Å². The number of hydrogen-bond donors (Lipinski definition) is 1. The van der Waals surface area contributed by atoms with Crippen molar-refractivity contribution in [3.8, 4) is 0 Å². The molecule has 0 aliphatic carbocycles. The molecule has 0 saturated carbocycles. The van der Waals surface area contributed by atoms with Crippen molar-refractivity contribution in [2.75, 3.05) is 0 Å². The third-order valence-corrected chi connectivity index (χ3v) is 0.412. The number of aliphatic hydroxyl groups excluding tert-OH is 1. The van der Waals surface area contributed by atoms with Gasteiger partial charge in [-0.3, -0.25) is 4.79 Å². The quantitative estimate of drug-likeness (QED) is 0.469. The second-order valence-corrected chi connectivity index (χ2v) is 1.40. The molecule has 68 valence electrons. The van der Waals surface area contributed by atoms with E-state index in [2.05, 4.69) is 0 Å². The molecule has 11 heavy (non-hydrogen) atoms. The molecule has 0 aliphatic heterocycles. The van der Waals surface area contributed by atoms with Gasteiger partial charge in [0.1, 0.15) is 0 Å². The standard InChI is InChI=1S/C5H8O2.Ce.3H2O/c1-4(6)3-5(2)7;;;;/h3,6H,1-2H3;;3*1H2/b4-3-;;;;. The normalized spacial score (nSPS) is 7.27. The Hall–Kier alpha value is 0.467. The van der Waals surface area contributed by atoms with Gasteiger partial charge >= 0.3 is 0 Å². The molecule has 0 unspecified atom stereocenters. The molecular formula is C5H14CeO5. The molecule has 0 radical (unpaired) electrons. The number of hydrogen-bond acceptors (Lipinski definition) is 2. The van der Waals surface area contributed by atoms with Crippen molar-refractivity contribution in [1.29, 1.82) is 0 Å². The summed E-state index contributed by atoms with van der Waals surface area (Å²) < 4.78 is 0. The largest absolute Gasteiger partial charge is 0.512 e. The molecule has 0 aromatic heterocycles. The molecule has 7 N–H and O–H groups in total. The zero-order chi connectivity index (χ0) is 5.86. The van der Waals surface area contributed by atoms with Crippen molar-refractivity contribution in [3.05, 3.63) is 11.8 Å². The van der Waals surface area contributed by atoms with Crippen LogP contribution in [-0.2, 0) is 4.79 Å². The molecular weight excluding hydrogens is 280 g/mol. The molecule has 0 aromatic rings. The Balaban J connectivity index is -0.0000000300. The van der Waals surface area contributed by atoms with Crippen LogP contribution >= 0.6 is 0 Å². The molecule has 0 spiro atoms. The van der Waals surface area contributed by atoms with E-state index in [-0.39, 0.29) is 69.7 Å². The van der Waals surface area contributed by atoms with Crippen LogP contribution in [0.5, 0.6) is 0 Å². The topological polar surface area (TPSA) is 132 Å². The van der Waals surface area contributed by atoms with Crippen LogP contribution in [0.25, 0.3) is 0 Å². The van der Waals surface area contributed by atoms with Crippen LogP contribution < -0.4 is 0 Å². The van der Waals surface area contributed by atoms with Crippen LogP contribution in [0.15, 0.2) is 11.8 Å². The smallest absolute Gasteiger partial charge is 0.155 e. The number of ketones is 1. The van der Waals surface area contributed by atoms with E-state index in [4.69, 9.17) is 5.11 Å². The minimum atomic E-state index is -0.125. The van der Waals surface area contributed by atoms with Gasteiger partial charge in [0.05, 0.1) is 5.76 Å². The Bertz CT molecular complexity index is 107. The molecule has 0 heterocycles. The predicted octanol–water partition coefficient (Wildman–Crippen LogP) is -1.44. The number of rotatable bonds is 1. The van der Waals surface area contributed by atoms with Gasteiger partial charge < -0.3 is 21.5 Å². The Morgan fingerprint density at radius 2 is 1.45 bits per heavy atom. The summed E-state index contributed by atoms with van der Waals surface area (Å²) >= 11 is 0. The van der Waals surface area contributed by atoms with Crippen molar-refractivity contribution in [3.63, 3.8) is 0 Å². The van der Waals surface area contributed by atoms with Crippen LogP contribution in [0.3, 0.4) is 0 Å². The third-order valence-electron chi connectivity index (χ3n) is 0.412. The van der Waals surface area contributed by atoms with Gasteiger partial charge in [-0.2, -0.15) is 0 Å². The second-order valence-electron chi connectivity index (χ2n) is 1.40. The van der Waals surface area contributed by atoms with Gasteiger partial charge in [0, 0.05) is 47.8 Å². The summed E-state index contributed by atoms with van der Waals surface area (Å²) in [6, 6.07) is 0. The van der Waals surface area contributed by atoms with Crippen LogP contribution in [0, 0.1) is 41.7 Å². The Morgan fingerprint density at radius 3 is 1.45 bits per heavy atom. The predicted molar refractivity (Wildman–Crippen MR) is 37.9 cm³/mol. The fourth-order valence-corrected chi connectivity index (χ4v) is 0.294. The average molecular weight is 294 g/mol. The maximum atomic E-state index is 10.0. The fraction of sp³-hybridized carbons (Fsp3) is 0.400. The molecule has 6 heteroatoms. The van der Waals surface area contributed by atoms with Crippen molar-refractivity contribution < 1.29 is 68.1 Å². The van der Waals surface area contributed by atoms with Crippen LogP contribution in [0.1, 0.15) is 13.8 Å². The maximum Gasteiger partial charge on any atom is 0.155 e. The first-order valence-corrected chi connectivity index (χ1v) is 2.01. The van der Waals surface area contributed by atoms with Crippen molar-refractivity contribution >= 4 is 5.78 Å². The molecule has 0 bridgehead atoms. The van der Waals surface area contributed by atoms with E-state index in [0.29, 0.717) is 0 Å². The van der Waals surface area contributed by atoms with E-state index in [1.165, 1.54) is 19.9 Å². The van der Waals surface area contributed by atoms with E-state index in [1.54, 1.807) is 0 Å². The zero-order valence-corrected chi connectivity index (χ0v) is 9.57. The fourth-order valence-electron chi connectivity index (χ4n) is 0.294. The Morgan fingerprint density at radius 1 is 1.18 bits per heavy atom. The molecule has 0 amide bonds. The SMILES string of the molecule is CC(=O)/C=C(/C)O.O.O.O.[Ce]. The van der Waals surface area contributed by atoms with Crippen LogP contribution in [0.2, 0.25) is 0 Å². The molecule has 0 aliphatic rings.